The van der Waals surface area contributed by atoms with Crippen LogP contribution in [0.2, 0.25) is 0 Å². The number of fused-ring (bicyclic) bond motifs is 1. The van der Waals surface area contributed by atoms with E-state index in [9.17, 15) is 52.8 Å². The first-order valence-corrected chi connectivity index (χ1v) is 34.3. The van der Waals surface area contributed by atoms with Crippen molar-refractivity contribution in [1.82, 2.24) is 36.1 Å². The number of nitrogens with zero attached hydrogens (tertiary/aromatic N) is 3. The van der Waals surface area contributed by atoms with Crippen molar-refractivity contribution in [2.75, 3.05) is 33.4 Å². The van der Waals surface area contributed by atoms with Gasteiger partial charge in [-0.15, -0.1) is 6.58 Å². The number of ether oxygens (including phenoxy) is 4. The number of rotatable bonds is 23. The molecule has 89 heavy (non-hydrogen) atoms. The number of hydrogen-bond donors (Lipinski definition) is 7. The normalized spacial score (nSPS) is 23.3. The summed E-state index contributed by atoms with van der Waals surface area (Å²) in [6.07, 6.45) is 6.04. The summed E-state index contributed by atoms with van der Waals surface area (Å²) < 4.78 is 60.3. The number of benzene rings is 2. The number of nitrogens with one attached hydrogen (secondary N) is 4. The number of methoxy groups -OCH3 is 1. The Morgan fingerprint density at radius 3 is 1.76 bits per heavy atom. The van der Waals surface area contributed by atoms with Crippen molar-refractivity contribution in [2.45, 2.75) is 205 Å². The Balaban J connectivity index is 0.000000265. The van der Waals surface area contributed by atoms with Gasteiger partial charge in [-0.05, 0) is 101 Å². The molecule has 7 N–H and O–H groups in total. The number of aliphatic hydroxyl groups excluding tert-OH is 1. The molecule has 6 amide bonds. The van der Waals surface area contributed by atoms with E-state index in [0.717, 1.165) is 56.9 Å². The van der Waals surface area contributed by atoms with Crippen LogP contribution in [0.3, 0.4) is 0 Å². The second-order valence-corrected chi connectivity index (χ2v) is 29.9. The van der Waals surface area contributed by atoms with Gasteiger partial charge < -0.3 is 74.0 Å². The number of alkyl carbamates (subject to hydrolysis) is 2. The molecule has 5 aliphatic rings. The number of likely N-dealkylation sites (tertiary alicyclic amines) is 2. The summed E-state index contributed by atoms with van der Waals surface area (Å²) in [5.41, 5.74) is 0.635. The molecular formula is C63H93N7O17P2. The maximum absolute atomic E-state index is 14.5. The molecule has 8 rings (SSSR count). The zero-order valence-electron chi connectivity index (χ0n) is 53.1. The summed E-state index contributed by atoms with van der Waals surface area (Å²) in [4.78, 5) is 109. The van der Waals surface area contributed by atoms with Crippen molar-refractivity contribution in [2.24, 2.45) is 16.7 Å². The molecule has 492 valence electrons. The zero-order chi connectivity index (χ0) is 65.2. The highest BCUT2D eigenvalue weighted by molar-refractivity contribution is 7.56. The average molecular weight is 1280 g/mol. The van der Waals surface area contributed by atoms with Crippen LogP contribution in [0.4, 0.5) is 9.59 Å². The molecule has 26 heteroatoms. The fourth-order valence-corrected chi connectivity index (χ4v) is 15.4. The van der Waals surface area contributed by atoms with Crippen molar-refractivity contribution in [3.05, 3.63) is 67.3 Å². The summed E-state index contributed by atoms with van der Waals surface area (Å²) in [5.74, 6) is -2.98. The molecule has 3 unspecified atom stereocenters. The topological polar surface area (TPSA) is 320 Å². The first-order valence-electron chi connectivity index (χ1n) is 31.1. The Kier molecular flexibility index (Phi) is 23.6. The minimum atomic E-state index is -4.71. The third-order valence-corrected chi connectivity index (χ3v) is 20.9. The summed E-state index contributed by atoms with van der Waals surface area (Å²) in [5, 5.41) is 20.7. The van der Waals surface area contributed by atoms with Crippen LogP contribution in [0, 0.1) is 16.7 Å². The van der Waals surface area contributed by atoms with Crippen molar-refractivity contribution in [1.29, 1.82) is 0 Å². The first kappa shape index (κ1) is 70.3. The third kappa shape index (κ3) is 17.5. The van der Waals surface area contributed by atoms with E-state index in [-0.39, 0.29) is 63.7 Å². The minimum Gasteiger partial charge on any atom is -0.497 e. The lowest BCUT2D eigenvalue weighted by Crippen LogP contribution is -2.58. The molecule has 5 fully saturated rings. The predicted octanol–water partition coefficient (Wildman–Crippen LogP) is 9.08. The Bertz CT molecular complexity index is 3080. The summed E-state index contributed by atoms with van der Waals surface area (Å²) in [6, 6.07) is 12.6. The van der Waals surface area contributed by atoms with Gasteiger partial charge >= 0.3 is 27.4 Å². The van der Waals surface area contributed by atoms with E-state index in [1.54, 1.807) is 87.6 Å². The van der Waals surface area contributed by atoms with E-state index in [1.165, 1.54) is 9.80 Å². The van der Waals surface area contributed by atoms with Crippen molar-refractivity contribution in [3.8, 4) is 22.8 Å². The molecule has 0 bridgehead atoms. The van der Waals surface area contributed by atoms with E-state index in [4.69, 9.17) is 33.0 Å². The molecule has 2 aromatic carbocycles. The Morgan fingerprint density at radius 2 is 1.28 bits per heavy atom. The van der Waals surface area contributed by atoms with Crippen LogP contribution in [0.25, 0.3) is 22.2 Å². The van der Waals surface area contributed by atoms with Crippen LogP contribution < -0.4 is 30.7 Å². The summed E-state index contributed by atoms with van der Waals surface area (Å²) >= 11 is 0. The number of amides is 6. The zero-order valence-corrected chi connectivity index (χ0v) is 54.9. The van der Waals surface area contributed by atoms with E-state index in [0.29, 0.717) is 40.9 Å². The maximum atomic E-state index is 14.5. The fraction of sp³-hybridized carbons (Fsp3) is 0.635. The highest BCUT2D eigenvalue weighted by Crippen LogP contribution is 2.73. The number of aliphatic hydroxyl groups is 1. The number of pyridine rings is 1. The van der Waals surface area contributed by atoms with Gasteiger partial charge in [0.05, 0.1) is 44.2 Å². The Hall–Kier alpha value is -6.13. The highest BCUT2D eigenvalue weighted by atomic mass is 31.2. The minimum absolute atomic E-state index is 0.00334. The molecule has 0 spiro atoms. The van der Waals surface area contributed by atoms with Crippen LogP contribution in [0.5, 0.6) is 11.5 Å². The first-order chi connectivity index (χ1) is 42.0. The lowest BCUT2D eigenvalue weighted by molar-refractivity contribution is -0.142. The quantitative estimate of drug-likeness (QED) is 0.0344. The van der Waals surface area contributed by atoms with Crippen LogP contribution >= 0.6 is 15.2 Å². The van der Waals surface area contributed by atoms with E-state index >= 15 is 0 Å². The molecular weight excluding hydrogens is 1190 g/mol. The van der Waals surface area contributed by atoms with Gasteiger partial charge in [-0.2, -0.15) is 0 Å². The second-order valence-electron chi connectivity index (χ2n) is 25.8. The van der Waals surface area contributed by atoms with Gasteiger partial charge in [0.2, 0.25) is 23.6 Å². The molecule has 3 aliphatic carbocycles. The summed E-state index contributed by atoms with van der Waals surface area (Å²) in [6.45, 7) is 19.9. The highest BCUT2D eigenvalue weighted by Gasteiger charge is 2.68. The molecule has 0 radical (unpaired) electrons. The predicted molar refractivity (Wildman–Crippen MR) is 334 cm³/mol. The van der Waals surface area contributed by atoms with Crippen molar-refractivity contribution < 1.29 is 80.8 Å². The molecule has 3 aromatic rings. The molecule has 2 aliphatic heterocycles. The Morgan fingerprint density at radius 1 is 0.742 bits per heavy atom. The van der Waals surface area contributed by atoms with E-state index in [1.807, 2.05) is 42.5 Å². The van der Waals surface area contributed by atoms with Crippen LogP contribution in [-0.2, 0) is 46.8 Å². The van der Waals surface area contributed by atoms with Crippen LogP contribution in [0.1, 0.15) is 146 Å². The van der Waals surface area contributed by atoms with E-state index in [2.05, 4.69) is 27.8 Å². The van der Waals surface area contributed by atoms with Gasteiger partial charge in [-0.3, -0.25) is 28.3 Å². The van der Waals surface area contributed by atoms with Gasteiger partial charge in [-0.25, -0.2) is 14.6 Å². The van der Waals surface area contributed by atoms with Crippen molar-refractivity contribution in [3.63, 3.8) is 0 Å². The SMILES string of the molecule is C=CC1CC1(NC(=O)[C@@H]1C[C@@H](O)CN1C(=O)[C@@H](NC(=O)OC1CCCC1)C(C)(C)C)P(=O)(OCC)OCC.CCCC(NC(=O)[C@@H]1C[C@@H](Oc2cc(-c3ccccc3)nc3cc(OC)ccc23)CN1C(=O)[C@@H](NC(=O)OC1CCCC1)C(C)(C)C)P(=O)(O)O. The lowest BCUT2D eigenvalue weighted by Gasteiger charge is -2.36. The molecule has 9 atom stereocenters. The second kappa shape index (κ2) is 29.9. The molecule has 1 aromatic heterocycles. The van der Waals surface area contributed by atoms with Gasteiger partial charge in [0, 0.05) is 48.4 Å². The van der Waals surface area contributed by atoms with Gasteiger partial charge in [-0.1, -0.05) is 91.3 Å². The van der Waals surface area contributed by atoms with Gasteiger partial charge in [0.15, 0.2) is 0 Å². The van der Waals surface area contributed by atoms with Crippen molar-refractivity contribution >= 4 is 61.9 Å². The summed E-state index contributed by atoms with van der Waals surface area (Å²) in [7, 11) is -6.89. The van der Waals surface area contributed by atoms with Gasteiger partial charge in [0.1, 0.15) is 65.0 Å². The molecule has 3 saturated carbocycles. The number of β-amino-alcohol motifs (C(OH)–C–C–N with tert-alkyl or cyclic N) is 1. The van der Waals surface area contributed by atoms with Gasteiger partial charge in [0.25, 0.3) is 0 Å². The monoisotopic (exact) mass is 1280 g/mol. The maximum Gasteiger partial charge on any atom is 0.408 e. The number of aromatic nitrogens is 1. The smallest absolute Gasteiger partial charge is 0.408 e. The fourth-order valence-electron chi connectivity index (χ4n) is 12.1. The molecule has 3 heterocycles. The Labute approximate surface area is 522 Å². The lowest BCUT2D eigenvalue weighted by atomic mass is 9.85. The largest absolute Gasteiger partial charge is 0.497 e. The number of carbonyl (C=O) groups is 6. The number of carbonyl (C=O) groups excluding carboxylic acids is 6. The third-order valence-electron chi connectivity index (χ3n) is 16.9. The molecule has 2 saturated heterocycles. The average Bonchev–Trinajstić information content (AvgIpc) is 1.57. The van der Waals surface area contributed by atoms with E-state index < -0.39 is 109 Å². The van der Waals surface area contributed by atoms with Crippen LogP contribution in [-0.4, -0.2) is 159 Å². The standard InChI is InChI=1S/C37H49N4O9P.C26H44N3O8P/c1-6-12-32(51(45,46)47)39-34(42)30-20-26(22-41(30)35(43)33(37(2,3)4)40-36(44)50-24-15-10-11-16-24)49-31-21-28(23-13-8-7-9-14-23)38-29-19-25(48-5)17-18-27(29)31;1-7-17-15-26(17,38(34,35-8-2)36-9-3)28-22(31)20-14-18(30)16-29(20)23(32)21(25(4,5)6)27-24(33)37-19-12-10-11-13-19/h7-9,13-14,17-19,21,24,26,30,32-33H,6,10-12,15-16,20,22H2,1-5H3,(H,39,42)(H,40,44)(H2,45,46,47);7,17-21,30H,1,8-16H2,2-6H3,(H,27,33)(H,28,31)/t26-,30+,32?,33-;17?,18-,20+,21-,26?/m11/s1. The molecule has 24 nitrogen and oxygen atoms in total. The van der Waals surface area contributed by atoms with Crippen LogP contribution in [0.15, 0.2) is 67.3 Å². The number of hydrogen-bond acceptors (Lipinski definition) is 16.